The first kappa shape index (κ1) is 19.1. The second-order valence-corrected chi connectivity index (χ2v) is 8.66. The van der Waals surface area contributed by atoms with Crippen LogP contribution in [0.1, 0.15) is 22.2 Å². The number of benzene rings is 2. The molecule has 1 aromatic heterocycles. The Balaban J connectivity index is 1.80. The molecule has 3 aromatic rings. The summed E-state index contributed by atoms with van der Waals surface area (Å²) in [6.07, 6.45) is 2.83. The fourth-order valence-electron chi connectivity index (χ4n) is 2.67. The summed E-state index contributed by atoms with van der Waals surface area (Å²) in [6, 6.07) is 16.1. The number of sulfonamides is 1. The number of anilines is 1. The number of nitrogens with one attached hydrogen (secondary N) is 2. The van der Waals surface area contributed by atoms with Crippen molar-refractivity contribution in [3.8, 4) is 0 Å². The molecule has 2 aromatic carbocycles. The van der Waals surface area contributed by atoms with Gasteiger partial charge in [-0.1, -0.05) is 48.5 Å². The molecular weight excluding hydrogens is 382 g/mol. The van der Waals surface area contributed by atoms with Crippen LogP contribution in [0.25, 0.3) is 0 Å². The molecule has 0 saturated heterocycles. The quantitative estimate of drug-likeness (QED) is 0.637. The number of hydrogen-bond donors (Lipinski definition) is 2. The van der Waals surface area contributed by atoms with Gasteiger partial charge in [0.25, 0.3) is 0 Å². The standard InChI is InChI=1S/C19H19N3O3S2/c1-27(24,25)22-16-10-6-5-9-15(16)13-17(23)21-18(19-20-11-12-26-19)14-7-3-2-4-8-14/h2-12,18,22H,13H2,1H3,(H,21,23). The van der Waals surface area contributed by atoms with Crippen molar-refractivity contribution in [3.05, 3.63) is 82.3 Å². The Hall–Kier alpha value is -2.71. The summed E-state index contributed by atoms with van der Waals surface area (Å²) >= 11 is 1.47. The number of hydrogen-bond acceptors (Lipinski definition) is 5. The van der Waals surface area contributed by atoms with Gasteiger partial charge in [0.15, 0.2) is 0 Å². The fraction of sp³-hybridized carbons (Fsp3) is 0.158. The lowest BCUT2D eigenvalue weighted by Crippen LogP contribution is -2.30. The van der Waals surface area contributed by atoms with Crippen LogP contribution in [0.2, 0.25) is 0 Å². The van der Waals surface area contributed by atoms with Crippen molar-refractivity contribution in [1.82, 2.24) is 10.3 Å². The largest absolute Gasteiger partial charge is 0.342 e. The minimum absolute atomic E-state index is 0.0490. The third-order valence-corrected chi connectivity index (χ3v) is 5.23. The summed E-state index contributed by atoms with van der Waals surface area (Å²) in [5.74, 6) is -0.221. The molecule has 0 radical (unpaired) electrons. The van der Waals surface area contributed by atoms with Crippen molar-refractivity contribution in [2.45, 2.75) is 12.5 Å². The lowest BCUT2D eigenvalue weighted by Gasteiger charge is -2.18. The number of thiazole rings is 1. The van der Waals surface area contributed by atoms with Crippen molar-refractivity contribution in [2.75, 3.05) is 11.0 Å². The zero-order valence-corrected chi connectivity index (χ0v) is 16.3. The topological polar surface area (TPSA) is 88.2 Å². The van der Waals surface area contributed by atoms with Crippen LogP contribution in [0.3, 0.4) is 0 Å². The van der Waals surface area contributed by atoms with E-state index in [0.717, 1.165) is 16.8 Å². The summed E-state index contributed by atoms with van der Waals surface area (Å²) < 4.78 is 25.5. The Kier molecular flexibility index (Phi) is 5.88. The Labute approximate surface area is 162 Å². The molecule has 0 aliphatic heterocycles. The average Bonchev–Trinajstić information content (AvgIpc) is 3.15. The summed E-state index contributed by atoms with van der Waals surface area (Å²) in [7, 11) is -3.43. The molecular formula is C19H19N3O3S2. The van der Waals surface area contributed by atoms with Gasteiger partial charge in [0.05, 0.1) is 18.4 Å². The van der Waals surface area contributed by atoms with Gasteiger partial charge in [0, 0.05) is 11.6 Å². The van der Waals surface area contributed by atoms with E-state index < -0.39 is 10.0 Å². The van der Waals surface area contributed by atoms with E-state index in [-0.39, 0.29) is 18.4 Å². The van der Waals surface area contributed by atoms with Gasteiger partial charge in [-0.05, 0) is 17.2 Å². The smallest absolute Gasteiger partial charge is 0.229 e. The predicted molar refractivity (Wildman–Crippen MR) is 107 cm³/mol. The third kappa shape index (κ3) is 5.38. The SMILES string of the molecule is CS(=O)(=O)Nc1ccccc1CC(=O)NC(c1ccccc1)c1nccs1. The molecule has 1 unspecified atom stereocenters. The van der Waals surface area contributed by atoms with Gasteiger partial charge in [0.1, 0.15) is 11.0 Å². The molecule has 140 valence electrons. The van der Waals surface area contributed by atoms with Gasteiger partial charge in [0.2, 0.25) is 15.9 Å². The highest BCUT2D eigenvalue weighted by Gasteiger charge is 2.20. The summed E-state index contributed by atoms with van der Waals surface area (Å²) in [6.45, 7) is 0. The van der Waals surface area contributed by atoms with E-state index >= 15 is 0 Å². The van der Waals surface area contributed by atoms with Crippen molar-refractivity contribution in [3.63, 3.8) is 0 Å². The molecule has 0 bridgehead atoms. The molecule has 1 amide bonds. The summed E-state index contributed by atoms with van der Waals surface area (Å²) in [4.78, 5) is 17.0. The highest BCUT2D eigenvalue weighted by Crippen LogP contribution is 2.24. The van der Waals surface area contributed by atoms with Gasteiger partial charge in [-0.3, -0.25) is 9.52 Å². The number of carbonyl (C=O) groups is 1. The Morgan fingerprint density at radius 3 is 2.48 bits per heavy atom. The molecule has 2 N–H and O–H groups in total. The van der Waals surface area contributed by atoms with Gasteiger partial charge in [-0.2, -0.15) is 0 Å². The van der Waals surface area contributed by atoms with E-state index in [4.69, 9.17) is 0 Å². The van der Waals surface area contributed by atoms with Crippen LogP contribution in [0.15, 0.2) is 66.2 Å². The van der Waals surface area contributed by atoms with Crippen molar-refractivity contribution in [1.29, 1.82) is 0 Å². The van der Waals surface area contributed by atoms with Crippen LogP contribution in [0, 0.1) is 0 Å². The molecule has 6 nitrogen and oxygen atoms in total. The Morgan fingerprint density at radius 2 is 1.81 bits per heavy atom. The minimum Gasteiger partial charge on any atom is -0.342 e. The Morgan fingerprint density at radius 1 is 1.11 bits per heavy atom. The van der Waals surface area contributed by atoms with Gasteiger partial charge >= 0.3 is 0 Å². The lowest BCUT2D eigenvalue weighted by atomic mass is 10.1. The molecule has 0 saturated carbocycles. The Bertz CT molecular complexity index is 1000. The first-order valence-corrected chi connectivity index (χ1v) is 11.0. The van der Waals surface area contributed by atoms with Gasteiger partial charge < -0.3 is 5.32 Å². The molecule has 1 heterocycles. The van der Waals surface area contributed by atoms with E-state index in [2.05, 4.69) is 15.0 Å². The van der Waals surface area contributed by atoms with Crippen LogP contribution >= 0.6 is 11.3 Å². The van der Waals surface area contributed by atoms with Crippen molar-refractivity contribution in [2.24, 2.45) is 0 Å². The number of para-hydroxylation sites is 1. The minimum atomic E-state index is -3.43. The maximum Gasteiger partial charge on any atom is 0.229 e. The molecule has 0 spiro atoms. The maximum absolute atomic E-state index is 12.7. The fourth-order valence-corrected chi connectivity index (χ4v) is 3.98. The highest BCUT2D eigenvalue weighted by molar-refractivity contribution is 7.92. The highest BCUT2D eigenvalue weighted by atomic mass is 32.2. The first-order valence-electron chi connectivity index (χ1n) is 8.22. The monoisotopic (exact) mass is 401 g/mol. The van der Waals surface area contributed by atoms with E-state index in [0.29, 0.717) is 11.3 Å². The van der Waals surface area contributed by atoms with E-state index in [1.165, 1.54) is 11.3 Å². The zero-order chi connectivity index (χ0) is 19.3. The maximum atomic E-state index is 12.7. The lowest BCUT2D eigenvalue weighted by molar-refractivity contribution is -0.120. The molecule has 3 rings (SSSR count). The second kappa shape index (κ2) is 8.32. The van der Waals surface area contributed by atoms with Gasteiger partial charge in [-0.15, -0.1) is 11.3 Å². The number of carbonyl (C=O) groups excluding carboxylic acids is 1. The van der Waals surface area contributed by atoms with E-state index in [1.807, 2.05) is 35.7 Å². The predicted octanol–water partition coefficient (Wildman–Crippen LogP) is 2.96. The third-order valence-electron chi connectivity index (χ3n) is 3.80. The molecule has 0 fully saturated rings. The average molecular weight is 402 g/mol. The van der Waals surface area contributed by atoms with Crippen LogP contribution < -0.4 is 10.0 Å². The molecule has 0 aliphatic carbocycles. The summed E-state index contributed by atoms with van der Waals surface area (Å²) in [5.41, 5.74) is 1.94. The second-order valence-electron chi connectivity index (χ2n) is 5.99. The molecule has 0 aliphatic rings. The first-order chi connectivity index (χ1) is 12.9. The summed E-state index contributed by atoms with van der Waals surface area (Å²) in [5, 5.41) is 5.66. The number of aromatic nitrogens is 1. The van der Waals surface area contributed by atoms with Gasteiger partial charge in [-0.25, -0.2) is 13.4 Å². The number of nitrogens with zero attached hydrogens (tertiary/aromatic N) is 1. The molecule has 1 atom stereocenters. The van der Waals surface area contributed by atoms with Crippen LogP contribution in [-0.4, -0.2) is 25.6 Å². The van der Waals surface area contributed by atoms with Crippen LogP contribution in [0.5, 0.6) is 0 Å². The molecule has 8 heteroatoms. The number of amides is 1. The molecule has 27 heavy (non-hydrogen) atoms. The number of rotatable bonds is 7. The van der Waals surface area contributed by atoms with E-state index in [9.17, 15) is 13.2 Å². The normalized spacial score (nSPS) is 12.3. The van der Waals surface area contributed by atoms with Crippen LogP contribution in [0.4, 0.5) is 5.69 Å². The van der Waals surface area contributed by atoms with Crippen LogP contribution in [-0.2, 0) is 21.2 Å². The van der Waals surface area contributed by atoms with Crippen molar-refractivity contribution >= 4 is 33.0 Å². The zero-order valence-electron chi connectivity index (χ0n) is 14.6. The van der Waals surface area contributed by atoms with E-state index in [1.54, 1.807) is 30.5 Å². The van der Waals surface area contributed by atoms with Crippen molar-refractivity contribution < 1.29 is 13.2 Å².